The summed E-state index contributed by atoms with van der Waals surface area (Å²) in [5.74, 6) is 2.34. The van der Waals surface area contributed by atoms with Gasteiger partial charge in [0.15, 0.2) is 5.89 Å². The number of hydrogen-bond acceptors (Lipinski definition) is 4. The number of aromatic nitrogens is 1. The molecule has 0 radical (unpaired) electrons. The summed E-state index contributed by atoms with van der Waals surface area (Å²) in [6, 6.07) is 0.382. The molecule has 0 unspecified atom stereocenters. The van der Waals surface area contributed by atoms with Gasteiger partial charge in [-0.1, -0.05) is 0 Å². The van der Waals surface area contributed by atoms with Crippen LogP contribution in [0.25, 0.3) is 0 Å². The van der Waals surface area contributed by atoms with Gasteiger partial charge < -0.3 is 15.1 Å². The summed E-state index contributed by atoms with van der Waals surface area (Å²) in [4.78, 5) is 6.47. The van der Waals surface area contributed by atoms with E-state index in [-0.39, 0.29) is 0 Å². The van der Waals surface area contributed by atoms with Crippen LogP contribution in [-0.2, 0) is 6.54 Å². The molecule has 0 aromatic carbocycles. The highest BCUT2D eigenvalue weighted by molar-refractivity contribution is 5.00. The topological polar surface area (TPSA) is 55.3 Å². The van der Waals surface area contributed by atoms with Gasteiger partial charge in [-0.15, -0.1) is 0 Å². The molecular formula is C12H21N3O. The van der Waals surface area contributed by atoms with Crippen molar-refractivity contribution in [3.8, 4) is 0 Å². The molecule has 1 aliphatic rings. The third kappa shape index (κ3) is 2.83. The molecular weight excluding hydrogens is 202 g/mol. The average Bonchev–Trinajstić information content (AvgIpc) is 2.66. The van der Waals surface area contributed by atoms with E-state index in [1.807, 2.05) is 20.3 Å². The highest BCUT2D eigenvalue weighted by Crippen LogP contribution is 2.31. The largest absolute Gasteiger partial charge is 0.444 e. The minimum Gasteiger partial charge on any atom is -0.444 e. The van der Waals surface area contributed by atoms with Crippen molar-refractivity contribution >= 4 is 0 Å². The van der Waals surface area contributed by atoms with E-state index in [1.165, 1.54) is 0 Å². The monoisotopic (exact) mass is 223 g/mol. The van der Waals surface area contributed by atoms with Gasteiger partial charge in [-0.25, -0.2) is 4.98 Å². The van der Waals surface area contributed by atoms with E-state index in [1.54, 1.807) is 0 Å². The quantitative estimate of drug-likeness (QED) is 0.847. The van der Waals surface area contributed by atoms with Gasteiger partial charge in [0, 0.05) is 12.0 Å². The Morgan fingerprint density at radius 3 is 2.69 bits per heavy atom. The molecule has 0 aliphatic heterocycles. The lowest BCUT2D eigenvalue weighted by Gasteiger charge is -2.23. The van der Waals surface area contributed by atoms with Crippen molar-refractivity contribution in [1.29, 1.82) is 0 Å². The summed E-state index contributed by atoms with van der Waals surface area (Å²) >= 11 is 0. The van der Waals surface area contributed by atoms with Gasteiger partial charge in [0.2, 0.25) is 0 Å². The highest BCUT2D eigenvalue weighted by atomic mass is 16.4. The second-order valence-corrected chi connectivity index (χ2v) is 5.01. The molecule has 1 heterocycles. The minimum absolute atomic E-state index is 0.382. The maximum Gasteiger partial charge on any atom is 0.197 e. The molecule has 0 spiro atoms. The fourth-order valence-electron chi connectivity index (χ4n) is 2.26. The molecule has 16 heavy (non-hydrogen) atoms. The van der Waals surface area contributed by atoms with Crippen LogP contribution in [-0.4, -0.2) is 30.0 Å². The normalized spacial score (nSPS) is 26.2. The zero-order valence-electron chi connectivity index (χ0n) is 10.1. The van der Waals surface area contributed by atoms with Crippen LogP contribution < -0.4 is 5.73 Å². The lowest BCUT2D eigenvalue weighted by atomic mass is 9.86. The Kier molecular flexibility index (Phi) is 3.61. The Morgan fingerprint density at radius 1 is 1.38 bits per heavy atom. The third-order valence-electron chi connectivity index (χ3n) is 3.16. The molecule has 1 fully saturated rings. The number of rotatable bonds is 3. The van der Waals surface area contributed by atoms with Gasteiger partial charge in [0.1, 0.15) is 5.76 Å². The molecule has 1 saturated carbocycles. The molecule has 1 aromatic heterocycles. The standard InChI is InChI=1S/C12H21N3O/c1-15(2)8-11-7-14-12(16-11)9-3-5-10(13)6-4-9/h7,9-10H,3-6,8,13H2,1-2H3/t9-,10-. The third-order valence-corrected chi connectivity index (χ3v) is 3.16. The van der Waals surface area contributed by atoms with Crippen molar-refractivity contribution in [2.24, 2.45) is 5.73 Å². The Hall–Kier alpha value is -0.870. The molecule has 0 saturated heterocycles. The number of nitrogens with zero attached hydrogens (tertiary/aromatic N) is 2. The fourth-order valence-corrected chi connectivity index (χ4v) is 2.26. The van der Waals surface area contributed by atoms with Crippen LogP contribution in [0.3, 0.4) is 0 Å². The molecule has 1 aliphatic carbocycles. The summed E-state index contributed by atoms with van der Waals surface area (Å²) in [5.41, 5.74) is 5.89. The van der Waals surface area contributed by atoms with Gasteiger partial charge in [0.25, 0.3) is 0 Å². The summed E-state index contributed by atoms with van der Waals surface area (Å²) in [5, 5.41) is 0. The molecule has 0 amide bonds. The van der Waals surface area contributed by atoms with E-state index in [9.17, 15) is 0 Å². The zero-order valence-corrected chi connectivity index (χ0v) is 10.1. The summed E-state index contributed by atoms with van der Waals surface area (Å²) in [6.45, 7) is 0.819. The van der Waals surface area contributed by atoms with E-state index in [2.05, 4.69) is 9.88 Å². The first-order chi connectivity index (χ1) is 7.65. The highest BCUT2D eigenvalue weighted by Gasteiger charge is 2.23. The Morgan fingerprint density at radius 2 is 2.06 bits per heavy atom. The number of hydrogen-bond donors (Lipinski definition) is 1. The van der Waals surface area contributed by atoms with Crippen molar-refractivity contribution in [2.75, 3.05) is 14.1 Å². The molecule has 2 rings (SSSR count). The lowest BCUT2D eigenvalue weighted by molar-refractivity contribution is 0.304. The van der Waals surface area contributed by atoms with Crippen molar-refractivity contribution < 1.29 is 4.42 Å². The summed E-state index contributed by atoms with van der Waals surface area (Å²) < 4.78 is 5.78. The molecule has 4 heteroatoms. The van der Waals surface area contributed by atoms with Crippen LogP contribution in [0.1, 0.15) is 43.3 Å². The molecule has 1 aromatic rings. The molecule has 4 nitrogen and oxygen atoms in total. The first-order valence-corrected chi connectivity index (χ1v) is 6.00. The first-order valence-electron chi connectivity index (χ1n) is 6.00. The number of oxazole rings is 1. The molecule has 0 atom stereocenters. The van der Waals surface area contributed by atoms with Crippen molar-refractivity contribution in [3.05, 3.63) is 17.8 Å². The summed E-state index contributed by atoms with van der Waals surface area (Å²) in [6.07, 6.45) is 6.27. The predicted molar refractivity (Wildman–Crippen MR) is 63.1 cm³/mol. The van der Waals surface area contributed by atoms with Crippen LogP contribution in [0.2, 0.25) is 0 Å². The van der Waals surface area contributed by atoms with Crippen LogP contribution in [0.15, 0.2) is 10.6 Å². The van der Waals surface area contributed by atoms with Crippen molar-refractivity contribution in [1.82, 2.24) is 9.88 Å². The predicted octanol–water partition coefficient (Wildman–Crippen LogP) is 1.72. The maximum atomic E-state index is 5.89. The second-order valence-electron chi connectivity index (χ2n) is 5.01. The fraction of sp³-hybridized carbons (Fsp3) is 0.750. The second kappa shape index (κ2) is 4.97. The van der Waals surface area contributed by atoms with Gasteiger partial charge in [0.05, 0.1) is 12.7 Å². The van der Waals surface area contributed by atoms with Crippen LogP contribution in [0.4, 0.5) is 0 Å². The van der Waals surface area contributed by atoms with E-state index < -0.39 is 0 Å². The Bertz CT molecular complexity index is 327. The van der Waals surface area contributed by atoms with Crippen LogP contribution in [0, 0.1) is 0 Å². The number of nitrogens with two attached hydrogens (primary N) is 1. The van der Waals surface area contributed by atoms with Crippen molar-refractivity contribution in [3.63, 3.8) is 0 Å². The summed E-state index contributed by atoms with van der Waals surface area (Å²) in [7, 11) is 4.06. The first kappa shape index (κ1) is 11.6. The average molecular weight is 223 g/mol. The molecule has 90 valence electrons. The smallest absolute Gasteiger partial charge is 0.197 e. The SMILES string of the molecule is CN(C)Cc1cnc([C@H]2CC[C@H](N)CC2)o1. The van der Waals surface area contributed by atoms with Crippen molar-refractivity contribution in [2.45, 2.75) is 44.2 Å². The van der Waals surface area contributed by atoms with E-state index >= 15 is 0 Å². The van der Waals surface area contributed by atoms with Gasteiger partial charge in [-0.2, -0.15) is 0 Å². The van der Waals surface area contributed by atoms with Crippen LogP contribution in [0.5, 0.6) is 0 Å². The van der Waals surface area contributed by atoms with Crippen LogP contribution >= 0.6 is 0 Å². The maximum absolute atomic E-state index is 5.89. The minimum atomic E-state index is 0.382. The van der Waals surface area contributed by atoms with E-state index in [0.717, 1.165) is 43.9 Å². The van der Waals surface area contributed by atoms with E-state index in [4.69, 9.17) is 10.2 Å². The van der Waals surface area contributed by atoms with Gasteiger partial charge in [-0.3, -0.25) is 0 Å². The Balaban J connectivity index is 1.96. The van der Waals surface area contributed by atoms with Gasteiger partial charge in [-0.05, 0) is 39.8 Å². The van der Waals surface area contributed by atoms with E-state index in [0.29, 0.717) is 12.0 Å². The lowest BCUT2D eigenvalue weighted by Crippen LogP contribution is -2.25. The van der Waals surface area contributed by atoms with Gasteiger partial charge >= 0.3 is 0 Å². The zero-order chi connectivity index (χ0) is 11.5. The molecule has 2 N–H and O–H groups in total. The Labute approximate surface area is 96.8 Å². The molecule has 0 bridgehead atoms.